The predicted octanol–water partition coefficient (Wildman–Crippen LogP) is 3.59. The molecular weight excluding hydrogens is 331 g/mol. The van der Waals surface area contributed by atoms with Crippen LogP contribution >= 0.6 is 0 Å². The first-order valence-corrected chi connectivity index (χ1v) is 7.78. The van der Waals surface area contributed by atoms with Crippen molar-refractivity contribution >= 4 is 16.7 Å². The molecule has 0 unspecified atom stereocenters. The number of aromatic nitrogens is 4. The van der Waals surface area contributed by atoms with Crippen molar-refractivity contribution in [2.45, 2.75) is 6.42 Å². The van der Waals surface area contributed by atoms with E-state index in [1.54, 1.807) is 24.8 Å². The normalized spacial score (nSPS) is 13.2. The lowest BCUT2D eigenvalue weighted by molar-refractivity contribution is 0.0992. The van der Waals surface area contributed by atoms with Gasteiger partial charge in [-0.3, -0.25) is 14.8 Å². The van der Waals surface area contributed by atoms with Gasteiger partial charge in [0.1, 0.15) is 5.82 Å². The molecule has 0 aliphatic heterocycles. The first kappa shape index (κ1) is 12.0. The van der Waals surface area contributed by atoms with Gasteiger partial charge >= 0.3 is 0 Å². The number of fused-ring (bicyclic) bond motifs is 1. The molecule has 1 aromatic carbocycles. The van der Waals surface area contributed by atoms with E-state index in [2.05, 4.69) is 15.0 Å². The average Bonchev–Trinajstić information content (AvgIpc) is 3.16. The molecule has 0 N–H and O–H groups in total. The quantitative estimate of drug-likeness (QED) is 0.528. The molecule has 0 saturated heterocycles. The first-order valence-electron chi connectivity index (χ1n) is 9.78. The van der Waals surface area contributed by atoms with Crippen molar-refractivity contribution in [1.29, 1.82) is 0 Å². The second kappa shape index (κ2) is 6.48. The summed E-state index contributed by atoms with van der Waals surface area (Å²) in [5.74, 6) is -1.95. The molecule has 0 spiro atoms. The topological polar surface area (TPSA) is 60.7 Å². The molecule has 0 aliphatic carbocycles. The van der Waals surface area contributed by atoms with Gasteiger partial charge in [-0.1, -0.05) is 0 Å². The molecule has 0 amide bonds. The molecule has 26 heavy (non-hydrogen) atoms. The zero-order valence-electron chi connectivity index (χ0n) is 17.7. The number of carbonyl (C=O) groups is 1. The van der Waals surface area contributed by atoms with E-state index in [0.29, 0.717) is 11.2 Å². The van der Waals surface area contributed by atoms with Gasteiger partial charge in [0.05, 0.1) is 41.8 Å². The number of hydrogen-bond donors (Lipinski definition) is 0. The number of hydrogen-bond acceptors (Lipinski definition) is 4. The van der Waals surface area contributed by atoms with Crippen LogP contribution in [0.25, 0.3) is 22.2 Å². The maximum atomic E-state index is 13.7. The van der Waals surface area contributed by atoms with E-state index >= 15 is 0 Å². The Balaban J connectivity index is 1.71. The number of Topliss-reactive ketones (excluding diaryl/α,β-unsaturated/α-hetero) is 1. The number of halogens is 1. The van der Waals surface area contributed by atoms with E-state index in [-0.39, 0.29) is 6.42 Å². The molecule has 0 bridgehead atoms. The lowest BCUT2D eigenvalue weighted by Gasteiger charge is -2.06. The molecule has 3 aromatic heterocycles. The van der Waals surface area contributed by atoms with Gasteiger partial charge in [-0.05, 0) is 36.3 Å². The van der Waals surface area contributed by atoms with Crippen LogP contribution in [0, 0.1) is 5.82 Å². The van der Waals surface area contributed by atoms with Crippen molar-refractivity contribution < 1.29 is 14.7 Å². The summed E-state index contributed by atoms with van der Waals surface area (Å²) in [7, 11) is 1.86. The Kier molecular flexibility index (Phi) is 3.00. The van der Waals surface area contributed by atoms with Crippen molar-refractivity contribution in [3.63, 3.8) is 0 Å². The van der Waals surface area contributed by atoms with E-state index in [1.807, 2.05) is 17.7 Å². The number of rotatable bonds is 4. The van der Waals surface area contributed by atoms with Gasteiger partial charge in [-0.2, -0.15) is 0 Å². The van der Waals surface area contributed by atoms with Gasteiger partial charge in [0, 0.05) is 35.5 Å². The monoisotopic (exact) mass is 350 g/mol. The number of benzene rings is 1. The minimum atomic E-state index is -1.28. The zero-order chi connectivity index (χ0) is 21.6. The van der Waals surface area contributed by atoms with Crippen LogP contribution in [0.4, 0.5) is 4.39 Å². The van der Waals surface area contributed by atoms with Crippen LogP contribution in [0.5, 0.6) is 0 Å². The Bertz CT molecular complexity index is 1290. The van der Waals surface area contributed by atoms with Crippen LogP contribution in [0.2, 0.25) is 0 Å². The second-order valence-corrected chi connectivity index (χ2v) is 5.77. The van der Waals surface area contributed by atoms with Crippen molar-refractivity contribution in [2.24, 2.45) is 7.05 Å². The highest BCUT2D eigenvalue weighted by atomic mass is 19.1. The van der Waals surface area contributed by atoms with E-state index in [0.717, 1.165) is 16.6 Å². The molecule has 6 heteroatoms. The smallest absolute Gasteiger partial charge is 0.168 e. The summed E-state index contributed by atoms with van der Waals surface area (Å²) in [4.78, 5) is 25.4. The van der Waals surface area contributed by atoms with Crippen LogP contribution in [0.3, 0.4) is 0 Å². The number of ketones is 1. The number of nitrogens with zero attached hydrogens (tertiary/aromatic N) is 4. The summed E-state index contributed by atoms with van der Waals surface area (Å²) in [5, 5.41) is 0.741. The maximum Gasteiger partial charge on any atom is 0.168 e. The standard InChI is InChI=1S/C20H15FN4O/c1-25-12-22-11-19(25)15-6-14-7-17(23-10-18(14)24-9-15)8-20(26)13-2-4-16(21)5-3-13/h2-7,9-12H,8H2,1H3/i2D,3D,4D,5D. The van der Waals surface area contributed by atoms with Crippen molar-refractivity contribution in [3.8, 4) is 11.3 Å². The fraction of sp³-hybridized carbons (Fsp3) is 0.100. The maximum absolute atomic E-state index is 13.7. The molecule has 0 radical (unpaired) electrons. The van der Waals surface area contributed by atoms with Gasteiger partial charge < -0.3 is 4.57 Å². The Labute approximate surface area is 154 Å². The summed E-state index contributed by atoms with van der Waals surface area (Å²) in [6.07, 6.45) is 6.36. The van der Waals surface area contributed by atoms with Crippen LogP contribution < -0.4 is 0 Å². The van der Waals surface area contributed by atoms with Gasteiger partial charge in [0.2, 0.25) is 0 Å². The number of pyridine rings is 2. The van der Waals surface area contributed by atoms with Crippen LogP contribution in [-0.2, 0) is 13.5 Å². The molecule has 0 fully saturated rings. The Morgan fingerprint density at radius 3 is 2.69 bits per heavy atom. The molecule has 0 atom stereocenters. The van der Waals surface area contributed by atoms with Crippen LogP contribution in [-0.4, -0.2) is 25.3 Å². The fourth-order valence-electron chi connectivity index (χ4n) is 2.64. The van der Waals surface area contributed by atoms with Crippen molar-refractivity contribution in [1.82, 2.24) is 19.5 Å². The summed E-state index contributed by atoms with van der Waals surface area (Å²) >= 11 is 0. The highest BCUT2D eigenvalue weighted by Crippen LogP contribution is 2.22. The predicted molar refractivity (Wildman–Crippen MR) is 96.2 cm³/mol. The minimum Gasteiger partial charge on any atom is -0.334 e. The minimum absolute atomic E-state index is 0.256. The SMILES string of the molecule is [2H]c1c([2H])c(C(=O)Cc2cc3cc(-c4cncn4C)cnc3cn2)c([2H])c([2H])c1F. The molecule has 4 aromatic rings. The van der Waals surface area contributed by atoms with Crippen LogP contribution in [0.1, 0.15) is 21.5 Å². The Morgan fingerprint density at radius 1 is 1.15 bits per heavy atom. The Morgan fingerprint density at radius 2 is 1.96 bits per heavy atom. The van der Waals surface area contributed by atoms with Crippen LogP contribution in [0.15, 0.2) is 61.2 Å². The average molecular weight is 350 g/mol. The highest BCUT2D eigenvalue weighted by Gasteiger charge is 2.10. The third-order valence-corrected chi connectivity index (χ3v) is 3.95. The molecular formula is C20H15FN4O. The third-order valence-electron chi connectivity index (χ3n) is 3.95. The van der Waals surface area contributed by atoms with E-state index in [9.17, 15) is 9.18 Å². The highest BCUT2D eigenvalue weighted by molar-refractivity contribution is 5.97. The molecule has 128 valence electrons. The van der Waals surface area contributed by atoms with Gasteiger partial charge in [0.15, 0.2) is 5.78 Å². The molecule has 5 nitrogen and oxygen atoms in total. The van der Waals surface area contributed by atoms with E-state index < -0.39 is 41.3 Å². The van der Waals surface area contributed by atoms with E-state index in [4.69, 9.17) is 5.48 Å². The summed E-state index contributed by atoms with van der Waals surface area (Å²) in [5.41, 5.74) is 2.26. The summed E-state index contributed by atoms with van der Waals surface area (Å²) in [6, 6.07) is 0.452. The Hall–Kier alpha value is -3.41. The largest absolute Gasteiger partial charge is 0.334 e. The zero-order valence-corrected chi connectivity index (χ0v) is 13.7. The second-order valence-electron chi connectivity index (χ2n) is 5.77. The van der Waals surface area contributed by atoms with Gasteiger partial charge in [-0.25, -0.2) is 9.37 Å². The van der Waals surface area contributed by atoms with Gasteiger partial charge in [-0.15, -0.1) is 0 Å². The third kappa shape index (κ3) is 3.09. The summed E-state index contributed by atoms with van der Waals surface area (Å²) in [6.45, 7) is 0. The molecule has 0 aliphatic rings. The first-order chi connectivity index (χ1) is 14.3. The van der Waals surface area contributed by atoms with Crippen molar-refractivity contribution in [3.05, 3.63) is 78.3 Å². The molecule has 0 saturated carbocycles. The van der Waals surface area contributed by atoms with Gasteiger partial charge in [0.25, 0.3) is 0 Å². The number of carbonyl (C=O) groups excluding carboxylic acids is 1. The lowest BCUT2D eigenvalue weighted by atomic mass is 10.0. The van der Waals surface area contributed by atoms with Crippen molar-refractivity contribution in [2.75, 3.05) is 0 Å². The molecule has 4 rings (SSSR count). The number of imidazole rings is 1. The fourth-order valence-corrected chi connectivity index (χ4v) is 2.64. The molecule has 3 heterocycles. The lowest BCUT2D eigenvalue weighted by Crippen LogP contribution is -2.05. The summed E-state index contributed by atoms with van der Waals surface area (Å²) < 4.78 is 46.4. The number of aryl methyl sites for hydroxylation is 1. The van der Waals surface area contributed by atoms with E-state index in [1.165, 1.54) is 6.20 Å².